The van der Waals surface area contributed by atoms with Crippen LogP contribution < -0.4 is 0 Å². The summed E-state index contributed by atoms with van der Waals surface area (Å²) in [7, 11) is -7.42. The fourth-order valence-electron chi connectivity index (χ4n) is 6.29. The van der Waals surface area contributed by atoms with Crippen molar-refractivity contribution in [1.82, 2.24) is 0 Å². The van der Waals surface area contributed by atoms with Gasteiger partial charge in [-0.1, -0.05) is 0 Å². The van der Waals surface area contributed by atoms with Crippen molar-refractivity contribution in [2.75, 3.05) is 13.2 Å². The average Bonchev–Trinajstić information content (AvgIpc) is 2.68. The smallest absolute Gasteiger partial charge is 0.460 e. The summed E-state index contributed by atoms with van der Waals surface area (Å²) in [6.45, 7) is -1.41. The van der Waals surface area contributed by atoms with Gasteiger partial charge in [-0.05, 0) is 55.8 Å². The van der Waals surface area contributed by atoms with Gasteiger partial charge in [0, 0.05) is 12.0 Å². The van der Waals surface area contributed by atoms with E-state index in [1.165, 1.54) is 0 Å². The van der Waals surface area contributed by atoms with Crippen LogP contribution in [0.1, 0.15) is 38.5 Å². The molecule has 3 unspecified atom stereocenters. The number of aliphatic hydroxyl groups excluding tert-OH is 1. The van der Waals surface area contributed by atoms with E-state index in [0.29, 0.717) is 19.3 Å². The number of ether oxygens (including phenoxy) is 1. The van der Waals surface area contributed by atoms with Gasteiger partial charge < -0.3 is 9.84 Å². The van der Waals surface area contributed by atoms with Crippen molar-refractivity contribution in [3.8, 4) is 0 Å². The number of halogens is 10. The highest BCUT2D eigenvalue weighted by molar-refractivity contribution is 7.88. The van der Waals surface area contributed by atoms with Crippen LogP contribution >= 0.6 is 0 Å². The molecule has 4 saturated carbocycles. The maximum absolute atomic E-state index is 14.9. The lowest BCUT2D eigenvalue weighted by Crippen LogP contribution is -2.71. The number of aliphatic hydroxyl groups is 1. The molecule has 4 aliphatic rings. The summed E-state index contributed by atoms with van der Waals surface area (Å²) < 4.78 is 170. The molecule has 4 fully saturated rings. The fourth-order valence-corrected chi connectivity index (χ4v) is 7.01. The Labute approximate surface area is 191 Å². The first-order valence-corrected chi connectivity index (χ1v) is 11.6. The molecule has 35 heavy (non-hydrogen) atoms. The second-order valence-corrected chi connectivity index (χ2v) is 11.5. The van der Waals surface area contributed by atoms with Crippen molar-refractivity contribution in [2.24, 2.45) is 22.7 Å². The number of alkyl halides is 10. The quantitative estimate of drug-likeness (QED) is 0.266. The summed E-state index contributed by atoms with van der Waals surface area (Å²) in [5, 5.41) is 3.06. The van der Waals surface area contributed by atoms with Gasteiger partial charge in [0.15, 0.2) is 0 Å². The molecule has 0 spiro atoms. The van der Waals surface area contributed by atoms with Gasteiger partial charge in [-0.15, -0.1) is 0 Å². The molecular weight excluding hydrogens is 534 g/mol. The van der Waals surface area contributed by atoms with Gasteiger partial charge in [0.05, 0.1) is 6.61 Å². The Balaban J connectivity index is 1.95. The minimum absolute atomic E-state index is 0.0601. The SMILES string of the molecule is O=C(OCC12CC3CC(CC(CO)(C3)C1)C2)C(F)(C(F)(F)C(F)(F)C(F)(F)C(F)(F)F)S(=O)(=O)O. The number of hydrogen-bond donors (Lipinski definition) is 2. The Morgan fingerprint density at radius 3 is 1.69 bits per heavy atom. The molecule has 0 heterocycles. The molecule has 204 valence electrons. The lowest BCUT2D eigenvalue weighted by molar-refractivity contribution is -0.404. The molecule has 0 amide bonds. The second kappa shape index (κ2) is 7.82. The monoisotopic (exact) mass is 554 g/mol. The van der Waals surface area contributed by atoms with E-state index in [1.807, 2.05) is 0 Å². The Bertz CT molecular complexity index is 967. The zero-order valence-electron chi connectivity index (χ0n) is 17.5. The largest absolute Gasteiger partial charge is 0.462 e. The van der Waals surface area contributed by atoms with Gasteiger partial charge in [0.2, 0.25) is 0 Å². The van der Waals surface area contributed by atoms with Crippen LogP contribution in [-0.2, 0) is 19.6 Å². The van der Waals surface area contributed by atoms with E-state index >= 15 is 0 Å². The van der Waals surface area contributed by atoms with Crippen molar-refractivity contribution in [1.29, 1.82) is 0 Å². The van der Waals surface area contributed by atoms with Gasteiger partial charge >= 0.3 is 45.0 Å². The van der Waals surface area contributed by atoms with Gasteiger partial charge in [-0.25, -0.2) is 9.18 Å². The third kappa shape index (κ3) is 3.90. The number of rotatable bonds is 8. The molecule has 0 aromatic heterocycles. The number of carbonyl (C=O) groups is 1. The van der Waals surface area contributed by atoms with Crippen LogP contribution in [0, 0.1) is 22.7 Å². The second-order valence-electron chi connectivity index (χ2n) is 9.99. The van der Waals surface area contributed by atoms with E-state index in [4.69, 9.17) is 4.55 Å². The van der Waals surface area contributed by atoms with Crippen molar-refractivity contribution < 1.29 is 71.5 Å². The maximum atomic E-state index is 14.9. The normalized spacial score (nSPS) is 33.5. The summed E-state index contributed by atoms with van der Waals surface area (Å²) in [5.41, 5.74) is -1.83. The van der Waals surface area contributed by atoms with E-state index < -0.39 is 62.5 Å². The predicted molar refractivity (Wildman–Crippen MR) is 93.9 cm³/mol. The number of esters is 1. The van der Waals surface area contributed by atoms with Crippen LogP contribution in [-0.4, -0.2) is 66.2 Å². The highest BCUT2D eigenvalue weighted by atomic mass is 32.2. The van der Waals surface area contributed by atoms with Crippen molar-refractivity contribution in [2.45, 2.75) is 67.5 Å². The molecule has 17 heteroatoms. The van der Waals surface area contributed by atoms with Gasteiger partial charge in [0.25, 0.3) is 0 Å². The predicted octanol–water partition coefficient (Wildman–Crippen LogP) is 4.13. The molecular formula is C18H20F10O6S. The zero-order chi connectivity index (χ0) is 27.1. The molecule has 0 saturated heterocycles. The highest BCUT2D eigenvalue weighted by Gasteiger charge is 2.91. The Morgan fingerprint density at radius 2 is 1.29 bits per heavy atom. The Morgan fingerprint density at radius 1 is 0.829 bits per heavy atom. The average molecular weight is 554 g/mol. The van der Waals surface area contributed by atoms with Crippen LogP contribution in [0.4, 0.5) is 43.9 Å². The molecule has 0 aliphatic heterocycles. The summed E-state index contributed by atoms with van der Waals surface area (Å²) in [4.78, 5) is 12.1. The minimum Gasteiger partial charge on any atom is -0.462 e. The van der Waals surface area contributed by atoms with Gasteiger partial charge in [-0.2, -0.15) is 47.9 Å². The highest BCUT2D eigenvalue weighted by Crippen LogP contribution is 2.65. The summed E-state index contributed by atoms with van der Waals surface area (Å²) in [6.07, 6.45) is -5.12. The van der Waals surface area contributed by atoms with Gasteiger partial charge in [0.1, 0.15) is 0 Å². The van der Waals surface area contributed by atoms with Crippen LogP contribution in [0.25, 0.3) is 0 Å². The number of hydrogen-bond acceptors (Lipinski definition) is 5. The van der Waals surface area contributed by atoms with Crippen molar-refractivity contribution in [3.05, 3.63) is 0 Å². The van der Waals surface area contributed by atoms with Crippen LogP contribution in [0.3, 0.4) is 0 Å². The first kappa shape index (κ1) is 28.2. The van der Waals surface area contributed by atoms with E-state index in [1.54, 1.807) is 0 Å². The molecule has 0 radical (unpaired) electrons. The zero-order valence-corrected chi connectivity index (χ0v) is 18.3. The molecule has 4 rings (SSSR count). The maximum Gasteiger partial charge on any atom is 0.460 e. The molecule has 0 aromatic carbocycles. The van der Waals surface area contributed by atoms with E-state index in [2.05, 4.69) is 4.74 Å². The Hall–Kier alpha value is -1.36. The van der Waals surface area contributed by atoms with E-state index in [0.717, 1.165) is 0 Å². The number of carbonyl (C=O) groups excluding carboxylic acids is 1. The molecule has 2 N–H and O–H groups in total. The topological polar surface area (TPSA) is 101 Å². The van der Waals surface area contributed by atoms with Crippen molar-refractivity contribution in [3.63, 3.8) is 0 Å². The molecule has 6 nitrogen and oxygen atoms in total. The third-order valence-corrected chi connectivity index (χ3v) is 8.45. The van der Waals surface area contributed by atoms with Gasteiger partial charge in [-0.3, -0.25) is 4.55 Å². The molecule has 0 aromatic rings. The summed E-state index contributed by atoms with van der Waals surface area (Å²) >= 11 is 0. The first-order valence-electron chi connectivity index (χ1n) is 10.2. The molecule has 4 bridgehead atoms. The summed E-state index contributed by atoms with van der Waals surface area (Å²) in [6, 6.07) is 0. The molecule has 4 aliphatic carbocycles. The minimum atomic E-state index is -7.86. The lowest BCUT2D eigenvalue weighted by atomic mass is 9.44. The first-order chi connectivity index (χ1) is 15.5. The van der Waals surface area contributed by atoms with Crippen LogP contribution in [0.2, 0.25) is 0 Å². The van der Waals surface area contributed by atoms with E-state index in [-0.39, 0.29) is 37.7 Å². The van der Waals surface area contributed by atoms with Crippen LogP contribution in [0.5, 0.6) is 0 Å². The Kier molecular flexibility index (Phi) is 6.30. The molecule has 3 atom stereocenters. The fraction of sp³-hybridized carbons (Fsp3) is 0.944. The lowest BCUT2D eigenvalue weighted by Gasteiger charge is -2.61. The van der Waals surface area contributed by atoms with Crippen LogP contribution in [0.15, 0.2) is 0 Å². The van der Waals surface area contributed by atoms with Crippen molar-refractivity contribution >= 4 is 16.1 Å². The summed E-state index contributed by atoms with van der Waals surface area (Å²) in [5.74, 6) is -26.8. The third-order valence-electron chi connectivity index (χ3n) is 7.31. The standard InChI is InChI=1S/C18H20F10O6S/c19-14(35(31,32)33,15(20,21)16(22,23)17(24,25)18(26,27)28)11(30)34-8-13-4-9-1-10(5-13)3-12(2-9,6-13)7-29/h9-10,29H,1-8H2,(H,31,32,33). The van der Waals surface area contributed by atoms with E-state index in [9.17, 15) is 62.2 Å².